The van der Waals surface area contributed by atoms with Crippen LogP contribution in [0.1, 0.15) is 76.0 Å². The predicted octanol–water partition coefficient (Wildman–Crippen LogP) is 7.77. The fraction of sp³-hybridized carbons (Fsp3) is 0.520. The second-order valence-electron chi connectivity index (χ2n) is 8.15. The molecule has 0 radical (unpaired) electrons. The lowest BCUT2D eigenvalue weighted by Gasteiger charge is -2.29. The number of benzene rings is 2. The van der Waals surface area contributed by atoms with Gasteiger partial charge in [-0.1, -0.05) is 63.8 Å². The first-order valence-electron chi connectivity index (χ1n) is 10.9. The number of unbranched alkanes of at least 4 members (excludes halogenated alkanes) is 2. The normalized spacial score (nSPS) is 19.5. The largest absolute Gasteiger partial charge is 0.373 e. The highest BCUT2D eigenvalue weighted by atomic mass is 19.2. The number of rotatable bonds is 8. The van der Waals surface area contributed by atoms with E-state index in [-0.39, 0.29) is 16.9 Å². The Bertz CT molecular complexity index is 810. The highest BCUT2D eigenvalue weighted by molar-refractivity contribution is 5.65. The quantitative estimate of drug-likeness (QED) is 0.408. The van der Waals surface area contributed by atoms with Gasteiger partial charge in [-0.25, -0.2) is 13.2 Å². The highest BCUT2D eigenvalue weighted by Crippen LogP contribution is 2.36. The van der Waals surface area contributed by atoms with Gasteiger partial charge in [0.05, 0.1) is 12.7 Å². The molecule has 4 heteroatoms. The maximum absolute atomic E-state index is 14.8. The van der Waals surface area contributed by atoms with Crippen molar-refractivity contribution in [1.29, 1.82) is 0 Å². The molecule has 1 aliphatic heterocycles. The maximum Gasteiger partial charge on any atom is 0.167 e. The van der Waals surface area contributed by atoms with Crippen molar-refractivity contribution in [2.24, 2.45) is 5.92 Å². The van der Waals surface area contributed by atoms with E-state index in [2.05, 4.69) is 6.92 Å². The third kappa shape index (κ3) is 5.22. The van der Waals surface area contributed by atoms with E-state index in [1.807, 2.05) is 6.92 Å². The van der Waals surface area contributed by atoms with Crippen LogP contribution in [-0.2, 0) is 11.2 Å². The van der Waals surface area contributed by atoms with Gasteiger partial charge in [-0.2, -0.15) is 0 Å². The molecule has 1 saturated heterocycles. The third-order valence-corrected chi connectivity index (χ3v) is 5.93. The number of hydrogen-bond donors (Lipinski definition) is 0. The van der Waals surface area contributed by atoms with Gasteiger partial charge in [0.15, 0.2) is 11.6 Å². The second kappa shape index (κ2) is 10.3. The average Bonchev–Trinajstić information content (AvgIpc) is 2.73. The molecule has 2 aromatic rings. The third-order valence-electron chi connectivity index (χ3n) is 5.93. The van der Waals surface area contributed by atoms with Crippen LogP contribution in [0.3, 0.4) is 0 Å². The van der Waals surface area contributed by atoms with E-state index >= 15 is 0 Å². The van der Waals surface area contributed by atoms with Crippen LogP contribution in [-0.4, -0.2) is 6.61 Å². The van der Waals surface area contributed by atoms with Gasteiger partial charge in [-0.3, -0.25) is 0 Å². The van der Waals surface area contributed by atoms with Gasteiger partial charge in [-0.15, -0.1) is 0 Å². The number of hydrogen-bond acceptors (Lipinski definition) is 1. The second-order valence-corrected chi connectivity index (χ2v) is 8.15. The molecule has 2 unspecified atom stereocenters. The first kappa shape index (κ1) is 21.9. The molecular weight excluding hydrogens is 373 g/mol. The molecule has 0 N–H and O–H groups in total. The van der Waals surface area contributed by atoms with Crippen LogP contribution in [0.2, 0.25) is 0 Å². The molecule has 0 aromatic heterocycles. The summed E-state index contributed by atoms with van der Waals surface area (Å²) >= 11 is 0. The molecule has 0 saturated carbocycles. The lowest BCUT2D eigenvalue weighted by Crippen LogP contribution is -2.21. The minimum atomic E-state index is -0.932. The summed E-state index contributed by atoms with van der Waals surface area (Å²) in [6, 6.07) is 7.73. The summed E-state index contributed by atoms with van der Waals surface area (Å²) in [7, 11) is 0. The molecule has 158 valence electrons. The van der Waals surface area contributed by atoms with Crippen molar-refractivity contribution in [3.8, 4) is 11.1 Å². The van der Waals surface area contributed by atoms with Crippen molar-refractivity contribution >= 4 is 0 Å². The van der Waals surface area contributed by atoms with E-state index in [4.69, 9.17) is 4.74 Å². The summed E-state index contributed by atoms with van der Waals surface area (Å²) in [5, 5.41) is 0. The van der Waals surface area contributed by atoms with Crippen LogP contribution in [0.25, 0.3) is 11.1 Å². The monoisotopic (exact) mass is 404 g/mol. The molecule has 1 fully saturated rings. The fourth-order valence-corrected chi connectivity index (χ4v) is 4.18. The lowest BCUT2D eigenvalue weighted by atomic mass is 9.90. The summed E-state index contributed by atoms with van der Waals surface area (Å²) in [4.78, 5) is 0. The molecule has 1 aliphatic rings. The van der Waals surface area contributed by atoms with Crippen LogP contribution in [0.4, 0.5) is 13.2 Å². The molecule has 0 amide bonds. The molecule has 1 heterocycles. The van der Waals surface area contributed by atoms with Gasteiger partial charge in [-0.05, 0) is 48.8 Å². The molecule has 29 heavy (non-hydrogen) atoms. The smallest absolute Gasteiger partial charge is 0.167 e. The first-order chi connectivity index (χ1) is 14.0. The minimum Gasteiger partial charge on any atom is -0.373 e. The molecular formula is C25H31F3O. The zero-order valence-corrected chi connectivity index (χ0v) is 17.4. The van der Waals surface area contributed by atoms with Crippen molar-refractivity contribution in [2.75, 3.05) is 6.61 Å². The van der Waals surface area contributed by atoms with Gasteiger partial charge < -0.3 is 4.74 Å². The van der Waals surface area contributed by atoms with E-state index in [9.17, 15) is 13.2 Å². The van der Waals surface area contributed by atoms with Crippen LogP contribution < -0.4 is 0 Å². The standard InChI is InChI=1S/C25H31F3O/c1-3-5-6-8-17-9-14-23(29-16-17)21-13-12-20(24(27)25(21)28)19-11-10-18(7-4-2)22(26)15-19/h10-13,15,17,23H,3-9,14,16H2,1-2H3. The molecule has 0 bridgehead atoms. The van der Waals surface area contributed by atoms with Crippen LogP contribution in [0.5, 0.6) is 0 Å². The Labute approximate surface area is 172 Å². The molecule has 2 aromatic carbocycles. The Morgan fingerprint density at radius 1 is 0.931 bits per heavy atom. The van der Waals surface area contributed by atoms with Crippen LogP contribution in [0.15, 0.2) is 30.3 Å². The Kier molecular flexibility index (Phi) is 7.77. The van der Waals surface area contributed by atoms with Gasteiger partial charge in [0.1, 0.15) is 5.82 Å². The number of ether oxygens (including phenoxy) is 1. The van der Waals surface area contributed by atoms with Gasteiger partial charge >= 0.3 is 0 Å². The van der Waals surface area contributed by atoms with E-state index in [1.54, 1.807) is 24.3 Å². The molecule has 3 rings (SSSR count). The van der Waals surface area contributed by atoms with E-state index in [1.165, 1.54) is 25.3 Å². The summed E-state index contributed by atoms with van der Waals surface area (Å²) in [5.41, 5.74) is 1.30. The molecule has 0 spiro atoms. The topological polar surface area (TPSA) is 9.23 Å². The minimum absolute atomic E-state index is 0.0847. The van der Waals surface area contributed by atoms with Crippen molar-refractivity contribution in [3.63, 3.8) is 0 Å². The summed E-state index contributed by atoms with van der Waals surface area (Å²) in [6.45, 7) is 4.76. The molecule has 0 aliphatic carbocycles. The van der Waals surface area contributed by atoms with Crippen LogP contribution in [0, 0.1) is 23.4 Å². The Morgan fingerprint density at radius 3 is 2.41 bits per heavy atom. The summed E-state index contributed by atoms with van der Waals surface area (Å²) in [5.74, 6) is -1.68. The fourth-order valence-electron chi connectivity index (χ4n) is 4.18. The van der Waals surface area contributed by atoms with Crippen molar-refractivity contribution in [3.05, 3.63) is 58.9 Å². The highest BCUT2D eigenvalue weighted by Gasteiger charge is 2.27. The summed E-state index contributed by atoms with van der Waals surface area (Å²) < 4.78 is 49.8. The van der Waals surface area contributed by atoms with Crippen LogP contribution >= 0.6 is 0 Å². The van der Waals surface area contributed by atoms with E-state index in [0.717, 1.165) is 19.3 Å². The number of aryl methyl sites for hydroxylation is 1. The maximum atomic E-state index is 14.8. The van der Waals surface area contributed by atoms with Crippen molar-refractivity contribution < 1.29 is 17.9 Å². The lowest BCUT2D eigenvalue weighted by molar-refractivity contribution is -0.0218. The Morgan fingerprint density at radius 2 is 1.76 bits per heavy atom. The number of halogens is 3. The SMILES string of the molecule is CCCCCC1CCC(c2ccc(-c3ccc(CCC)c(F)c3)c(F)c2F)OC1. The summed E-state index contributed by atoms with van der Waals surface area (Å²) in [6.07, 6.45) is 7.46. The van der Waals surface area contributed by atoms with Gasteiger partial charge in [0.2, 0.25) is 0 Å². The van der Waals surface area contributed by atoms with E-state index in [0.29, 0.717) is 36.5 Å². The zero-order chi connectivity index (χ0) is 20.8. The molecule has 2 atom stereocenters. The predicted molar refractivity (Wildman–Crippen MR) is 111 cm³/mol. The Balaban J connectivity index is 1.73. The van der Waals surface area contributed by atoms with Crippen molar-refractivity contribution in [2.45, 2.75) is 71.3 Å². The van der Waals surface area contributed by atoms with Gasteiger partial charge in [0.25, 0.3) is 0 Å². The molecule has 1 nitrogen and oxygen atoms in total. The van der Waals surface area contributed by atoms with Crippen molar-refractivity contribution in [1.82, 2.24) is 0 Å². The van der Waals surface area contributed by atoms with E-state index < -0.39 is 17.7 Å². The van der Waals surface area contributed by atoms with Gasteiger partial charge in [0, 0.05) is 11.1 Å². The average molecular weight is 405 g/mol. The Hall–Kier alpha value is -1.81. The zero-order valence-electron chi connectivity index (χ0n) is 17.4. The first-order valence-corrected chi connectivity index (χ1v) is 10.9.